The van der Waals surface area contributed by atoms with Crippen LogP contribution in [0.5, 0.6) is 0 Å². The molecule has 0 heterocycles. The van der Waals surface area contributed by atoms with Gasteiger partial charge in [-0.05, 0) is 58.9 Å². The normalized spacial score (nSPS) is 26.5. The van der Waals surface area contributed by atoms with Crippen molar-refractivity contribution >= 4 is 6.09 Å². The van der Waals surface area contributed by atoms with Crippen LogP contribution in [0, 0.1) is 5.92 Å². The van der Waals surface area contributed by atoms with Crippen molar-refractivity contribution in [1.29, 1.82) is 0 Å². The monoisotopic (exact) mass is 228 g/mol. The van der Waals surface area contributed by atoms with Crippen molar-refractivity contribution in [2.75, 3.05) is 6.54 Å². The zero-order valence-electron chi connectivity index (χ0n) is 10.6. The lowest BCUT2D eigenvalue weighted by atomic mass is 9.84. The van der Waals surface area contributed by atoms with E-state index < -0.39 is 6.09 Å². The fourth-order valence-corrected chi connectivity index (χ4v) is 2.63. The number of amides is 1. The number of carbonyl (C=O) groups is 1. The lowest BCUT2D eigenvalue weighted by molar-refractivity contribution is 0.0510. The largest absolute Gasteiger partial charge is 0.465 e. The van der Waals surface area contributed by atoms with Crippen LogP contribution in [0.3, 0.4) is 0 Å². The van der Waals surface area contributed by atoms with Crippen LogP contribution in [-0.4, -0.2) is 34.2 Å². The number of carboxylic acid groups (broad SMARTS) is 1. The van der Waals surface area contributed by atoms with E-state index in [0.717, 1.165) is 32.2 Å². The molecule has 4 nitrogen and oxygen atoms in total. The van der Waals surface area contributed by atoms with Crippen molar-refractivity contribution in [3.63, 3.8) is 0 Å². The van der Waals surface area contributed by atoms with Crippen LogP contribution >= 0.6 is 0 Å². The Labute approximate surface area is 97.8 Å². The molecule has 94 valence electrons. The van der Waals surface area contributed by atoms with Crippen molar-refractivity contribution in [2.45, 2.75) is 58.0 Å². The van der Waals surface area contributed by atoms with Gasteiger partial charge in [0.15, 0.2) is 0 Å². The number of hydrogen-bond acceptors (Lipinski definition) is 2. The first-order valence-electron chi connectivity index (χ1n) is 6.08. The van der Waals surface area contributed by atoms with E-state index in [-0.39, 0.29) is 11.6 Å². The SMILES string of the molecule is CC(C)(C)N(C(=O)O)[C@H]1CC[C@H](CN)CC1. The highest BCUT2D eigenvalue weighted by molar-refractivity contribution is 5.66. The summed E-state index contributed by atoms with van der Waals surface area (Å²) in [6, 6.07) is 0.167. The Morgan fingerprint density at radius 3 is 2.12 bits per heavy atom. The van der Waals surface area contributed by atoms with E-state index in [4.69, 9.17) is 5.73 Å². The van der Waals surface area contributed by atoms with Gasteiger partial charge in [-0.1, -0.05) is 0 Å². The van der Waals surface area contributed by atoms with Crippen molar-refractivity contribution in [2.24, 2.45) is 11.7 Å². The van der Waals surface area contributed by atoms with Crippen molar-refractivity contribution in [3.05, 3.63) is 0 Å². The third kappa shape index (κ3) is 3.11. The summed E-state index contributed by atoms with van der Waals surface area (Å²) in [7, 11) is 0. The van der Waals surface area contributed by atoms with Gasteiger partial charge in [-0.15, -0.1) is 0 Å². The van der Waals surface area contributed by atoms with Crippen LogP contribution in [0.4, 0.5) is 4.79 Å². The molecular formula is C12H24N2O2. The first-order valence-corrected chi connectivity index (χ1v) is 6.08. The van der Waals surface area contributed by atoms with Gasteiger partial charge in [0.25, 0.3) is 0 Å². The van der Waals surface area contributed by atoms with Gasteiger partial charge in [0.05, 0.1) is 0 Å². The predicted octanol–water partition coefficient (Wildman–Crippen LogP) is 2.28. The van der Waals surface area contributed by atoms with Crippen molar-refractivity contribution in [3.8, 4) is 0 Å². The van der Waals surface area contributed by atoms with E-state index in [1.807, 2.05) is 20.8 Å². The molecule has 0 aromatic rings. The highest BCUT2D eigenvalue weighted by Crippen LogP contribution is 2.30. The smallest absolute Gasteiger partial charge is 0.407 e. The maximum atomic E-state index is 11.3. The molecule has 0 aromatic heterocycles. The van der Waals surface area contributed by atoms with E-state index in [1.54, 1.807) is 4.90 Å². The Kier molecular flexibility index (Phi) is 4.19. The van der Waals surface area contributed by atoms with Crippen molar-refractivity contribution < 1.29 is 9.90 Å². The second kappa shape index (κ2) is 5.04. The molecule has 0 aliphatic heterocycles. The zero-order chi connectivity index (χ0) is 12.3. The molecule has 16 heavy (non-hydrogen) atoms. The summed E-state index contributed by atoms with van der Waals surface area (Å²) in [6.45, 7) is 6.59. The summed E-state index contributed by atoms with van der Waals surface area (Å²) in [6.07, 6.45) is 3.21. The second-order valence-electron chi connectivity index (χ2n) is 5.73. The van der Waals surface area contributed by atoms with Gasteiger partial charge in [0.1, 0.15) is 0 Å². The summed E-state index contributed by atoms with van der Waals surface area (Å²) in [5.41, 5.74) is 5.33. The Balaban J connectivity index is 2.65. The lowest BCUT2D eigenvalue weighted by Gasteiger charge is -2.42. The molecule has 0 bridgehead atoms. The van der Waals surface area contributed by atoms with Gasteiger partial charge in [-0.2, -0.15) is 0 Å². The zero-order valence-corrected chi connectivity index (χ0v) is 10.6. The van der Waals surface area contributed by atoms with Crippen LogP contribution < -0.4 is 5.73 Å². The van der Waals surface area contributed by atoms with Gasteiger partial charge in [0.2, 0.25) is 0 Å². The Bertz CT molecular complexity index is 240. The minimum absolute atomic E-state index is 0.167. The quantitative estimate of drug-likeness (QED) is 0.762. The third-order valence-corrected chi connectivity index (χ3v) is 3.44. The Morgan fingerprint density at radius 1 is 1.31 bits per heavy atom. The minimum atomic E-state index is -0.802. The lowest BCUT2D eigenvalue weighted by Crippen LogP contribution is -2.52. The number of nitrogens with two attached hydrogens (primary N) is 1. The molecule has 1 saturated carbocycles. The fraction of sp³-hybridized carbons (Fsp3) is 0.917. The molecule has 0 atom stereocenters. The summed E-state index contributed by atoms with van der Waals surface area (Å²) in [5.74, 6) is 0.590. The van der Waals surface area contributed by atoms with Crippen molar-refractivity contribution in [1.82, 2.24) is 4.90 Å². The van der Waals surface area contributed by atoms with Crippen LogP contribution in [-0.2, 0) is 0 Å². The molecule has 3 N–H and O–H groups in total. The predicted molar refractivity (Wildman–Crippen MR) is 64.4 cm³/mol. The Hall–Kier alpha value is -0.770. The van der Waals surface area contributed by atoms with Crippen LogP contribution in [0.25, 0.3) is 0 Å². The van der Waals surface area contributed by atoms with Crippen LogP contribution in [0.2, 0.25) is 0 Å². The average molecular weight is 228 g/mol. The number of nitrogens with zero attached hydrogens (tertiary/aromatic N) is 1. The molecule has 0 spiro atoms. The summed E-state index contributed by atoms with van der Waals surface area (Å²) >= 11 is 0. The summed E-state index contributed by atoms with van der Waals surface area (Å²) in [4.78, 5) is 12.9. The topological polar surface area (TPSA) is 66.6 Å². The van der Waals surface area contributed by atoms with Crippen LogP contribution in [0.1, 0.15) is 46.5 Å². The molecule has 1 aliphatic rings. The molecule has 1 aliphatic carbocycles. The standard InChI is InChI=1S/C12H24N2O2/c1-12(2,3)14(11(15)16)10-6-4-9(8-13)5-7-10/h9-10H,4-8,13H2,1-3H3,(H,15,16)/t9-,10-. The highest BCUT2D eigenvalue weighted by atomic mass is 16.4. The molecule has 1 rings (SSSR count). The molecule has 1 amide bonds. The van der Waals surface area contributed by atoms with Crippen LogP contribution in [0.15, 0.2) is 0 Å². The highest BCUT2D eigenvalue weighted by Gasteiger charge is 2.35. The number of hydrogen-bond donors (Lipinski definition) is 2. The van der Waals surface area contributed by atoms with Gasteiger partial charge in [0, 0.05) is 11.6 Å². The van der Waals surface area contributed by atoms with E-state index in [1.165, 1.54) is 0 Å². The minimum Gasteiger partial charge on any atom is -0.465 e. The maximum Gasteiger partial charge on any atom is 0.407 e. The van der Waals surface area contributed by atoms with Gasteiger partial charge in [-0.25, -0.2) is 4.79 Å². The van der Waals surface area contributed by atoms with Gasteiger partial charge < -0.3 is 15.7 Å². The molecule has 0 saturated heterocycles. The third-order valence-electron chi connectivity index (χ3n) is 3.44. The molecule has 0 unspecified atom stereocenters. The van der Waals surface area contributed by atoms with E-state index >= 15 is 0 Å². The molecular weight excluding hydrogens is 204 g/mol. The first-order chi connectivity index (χ1) is 7.36. The van der Waals surface area contributed by atoms with E-state index in [0.29, 0.717) is 5.92 Å². The molecule has 4 heteroatoms. The molecule has 1 fully saturated rings. The van der Waals surface area contributed by atoms with Gasteiger partial charge in [-0.3, -0.25) is 0 Å². The molecule has 0 radical (unpaired) electrons. The molecule has 0 aromatic carbocycles. The average Bonchev–Trinajstić information content (AvgIpc) is 2.16. The number of rotatable bonds is 2. The fourth-order valence-electron chi connectivity index (χ4n) is 2.63. The maximum absolute atomic E-state index is 11.3. The second-order valence-corrected chi connectivity index (χ2v) is 5.73. The summed E-state index contributed by atoms with van der Waals surface area (Å²) < 4.78 is 0. The van der Waals surface area contributed by atoms with Gasteiger partial charge >= 0.3 is 6.09 Å². The summed E-state index contributed by atoms with van der Waals surface area (Å²) in [5, 5.41) is 9.29. The van der Waals surface area contributed by atoms with E-state index in [9.17, 15) is 9.90 Å². The first kappa shape index (κ1) is 13.3. The van der Waals surface area contributed by atoms with E-state index in [2.05, 4.69) is 0 Å². The Morgan fingerprint density at radius 2 is 1.81 bits per heavy atom.